The van der Waals surface area contributed by atoms with E-state index >= 15 is 0 Å². The van der Waals surface area contributed by atoms with Crippen LogP contribution in [0.2, 0.25) is 5.02 Å². The number of hydrogen-bond acceptors (Lipinski definition) is 4. The summed E-state index contributed by atoms with van der Waals surface area (Å²) >= 11 is 6.29. The van der Waals surface area contributed by atoms with Crippen molar-refractivity contribution in [3.63, 3.8) is 0 Å². The Labute approximate surface area is 205 Å². The first kappa shape index (κ1) is 23.2. The number of hydrogen-bond donors (Lipinski definition) is 1. The number of rotatable bonds is 4. The highest BCUT2D eigenvalue weighted by Gasteiger charge is 2.48. The lowest BCUT2D eigenvalue weighted by Gasteiger charge is -2.50. The zero-order valence-electron chi connectivity index (χ0n) is 20.1. The second-order valence-electron chi connectivity index (χ2n) is 9.72. The zero-order chi connectivity index (χ0) is 24.0. The van der Waals surface area contributed by atoms with Crippen LogP contribution < -0.4 is 4.74 Å². The molecule has 34 heavy (non-hydrogen) atoms. The fourth-order valence-corrected chi connectivity index (χ4v) is 6.37. The number of nitrogens with zero attached hydrogens (tertiary/aromatic N) is 3. The molecule has 6 nitrogen and oxygen atoms in total. The number of halogens is 1. The van der Waals surface area contributed by atoms with Gasteiger partial charge < -0.3 is 19.3 Å². The fourth-order valence-electron chi connectivity index (χ4n) is 6.16. The van der Waals surface area contributed by atoms with Crippen LogP contribution >= 0.6 is 11.6 Å². The zero-order valence-corrected chi connectivity index (χ0v) is 20.8. The van der Waals surface area contributed by atoms with Crippen LogP contribution in [0.3, 0.4) is 0 Å². The summed E-state index contributed by atoms with van der Waals surface area (Å²) in [5, 5.41) is 12.6. The van der Waals surface area contributed by atoms with Gasteiger partial charge in [0, 0.05) is 67.7 Å². The lowest BCUT2D eigenvalue weighted by atomic mass is 9.68. The number of fused-ring (bicyclic) bond motifs is 4. The van der Waals surface area contributed by atoms with Crippen LogP contribution in [0.4, 0.5) is 0 Å². The average Bonchev–Trinajstić information content (AvgIpc) is 3.12. The normalized spacial score (nSPS) is 20.0. The summed E-state index contributed by atoms with van der Waals surface area (Å²) in [5.74, 6) is 0.958. The van der Waals surface area contributed by atoms with Crippen LogP contribution in [-0.2, 0) is 23.8 Å². The van der Waals surface area contributed by atoms with Crippen molar-refractivity contribution in [3.05, 3.63) is 64.3 Å². The van der Waals surface area contributed by atoms with E-state index in [0.29, 0.717) is 6.54 Å². The highest BCUT2D eigenvalue weighted by molar-refractivity contribution is 6.30. The van der Waals surface area contributed by atoms with Crippen LogP contribution in [0, 0.1) is 0 Å². The Morgan fingerprint density at radius 2 is 1.97 bits per heavy atom. The van der Waals surface area contributed by atoms with E-state index in [2.05, 4.69) is 34.7 Å². The molecule has 0 bridgehead atoms. The molecule has 0 unspecified atom stereocenters. The molecule has 3 heterocycles. The van der Waals surface area contributed by atoms with E-state index in [-0.39, 0.29) is 24.0 Å². The molecule has 0 aliphatic carbocycles. The van der Waals surface area contributed by atoms with E-state index in [9.17, 15) is 9.90 Å². The average molecular weight is 482 g/mol. The molecule has 1 spiro atoms. The maximum atomic E-state index is 12.1. The van der Waals surface area contributed by atoms with Gasteiger partial charge in [0.1, 0.15) is 5.75 Å². The van der Waals surface area contributed by atoms with Crippen molar-refractivity contribution in [1.29, 1.82) is 0 Å². The number of carbonyl (C=O) groups is 1. The molecule has 1 N–H and O–H groups in total. The first-order valence-electron chi connectivity index (χ1n) is 11.9. The van der Waals surface area contributed by atoms with Crippen molar-refractivity contribution in [2.24, 2.45) is 7.05 Å². The molecular formula is C27H32ClN3O3. The van der Waals surface area contributed by atoms with Crippen molar-refractivity contribution in [3.8, 4) is 5.75 Å². The van der Waals surface area contributed by atoms with Gasteiger partial charge in [0.15, 0.2) is 0 Å². The Morgan fingerprint density at radius 3 is 2.62 bits per heavy atom. The molecule has 1 saturated heterocycles. The molecule has 1 aromatic heterocycles. The minimum absolute atomic E-state index is 0.0323. The topological polar surface area (TPSA) is 57.9 Å². The Hall–Kier alpha value is -2.54. The van der Waals surface area contributed by atoms with Crippen LogP contribution in [0.15, 0.2) is 42.5 Å². The van der Waals surface area contributed by atoms with Gasteiger partial charge in [0.25, 0.3) is 0 Å². The van der Waals surface area contributed by atoms with Crippen molar-refractivity contribution in [2.75, 3.05) is 33.4 Å². The Balaban J connectivity index is 1.66. The van der Waals surface area contributed by atoms with E-state index in [4.69, 9.17) is 16.3 Å². The standard InChI is InChI=1S/C27H32ClN3O3/c1-18(33)30-11-9-27(10-12-30)17-31(15-19-5-4-6-20(28)13-19)24(16-32)26-25(27)22-8-7-21(34-3)14-23(22)29(26)2/h4-8,13-14,24,32H,9-12,15-17H2,1-3H3/t24-/m0/s1. The number of aryl methyl sites for hydroxylation is 1. The summed E-state index contributed by atoms with van der Waals surface area (Å²) in [6.07, 6.45) is 1.80. The summed E-state index contributed by atoms with van der Waals surface area (Å²) in [7, 11) is 3.77. The van der Waals surface area contributed by atoms with E-state index in [0.717, 1.165) is 60.0 Å². The number of amides is 1. The quantitative estimate of drug-likeness (QED) is 0.604. The summed E-state index contributed by atoms with van der Waals surface area (Å²) in [4.78, 5) is 16.4. The summed E-state index contributed by atoms with van der Waals surface area (Å²) in [5.41, 5.74) is 4.64. The Morgan fingerprint density at radius 1 is 1.21 bits per heavy atom. The second kappa shape index (κ2) is 8.91. The number of piperidine rings is 1. The molecule has 180 valence electrons. The molecule has 1 atom stereocenters. The van der Waals surface area contributed by atoms with Crippen molar-refractivity contribution in [1.82, 2.24) is 14.4 Å². The van der Waals surface area contributed by atoms with Crippen molar-refractivity contribution >= 4 is 28.4 Å². The van der Waals surface area contributed by atoms with Crippen molar-refractivity contribution < 1.29 is 14.6 Å². The van der Waals surface area contributed by atoms with Crippen LogP contribution in [0.25, 0.3) is 10.9 Å². The number of methoxy groups -OCH3 is 1. The second-order valence-corrected chi connectivity index (χ2v) is 10.2. The van der Waals surface area contributed by atoms with Crippen molar-refractivity contribution in [2.45, 2.75) is 37.8 Å². The van der Waals surface area contributed by atoms with E-state index < -0.39 is 0 Å². The first-order chi connectivity index (χ1) is 16.4. The van der Waals surface area contributed by atoms with E-state index in [1.165, 1.54) is 10.9 Å². The third kappa shape index (κ3) is 3.78. The van der Waals surface area contributed by atoms with Gasteiger partial charge in [-0.3, -0.25) is 9.69 Å². The van der Waals surface area contributed by atoms with Gasteiger partial charge in [0.2, 0.25) is 5.91 Å². The summed E-state index contributed by atoms with van der Waals surface area (Å²) in [6.45, 7) is 4.71. The summed E-state index contributed by atoms with van der Waals surface area (Å²) < 4.78 is 7.75. The Bertz CT molecular complexity index is 1230. The lowest BCUT2D eigenvalue weighted by molar-refractivity contribution is -0.130. The van der Waals surface area contributed by atoms with Crippen LogP contribution in [0.1, 0.15) is 42.6 Å². The summed E-state index contributed by atoms with van der Waals surface area (Å²) in [6, 6.07) is 14.1. The minimum atomic E-state index is -0.131. The number of aromatic nitrogens is 1. The molecule has 5 rings (SSSR count). The van der Waals surface area contributed by atoms with Gasteiger partial charge in [-0.05, 0) is 48.2 Å². The molecule has 0 radical (unpaired) electrons. The molecule has 3 aromatic rings. The smallest absolute Gasteiger partial charge is 0.219 e. The van der Waals surface area contributed by atoms with E-state index in [1.807, 2.05) is 29.2 Å². The number of ether oxygens (including phenoxy) is 1. The highest BCUT2D eigenvalue weighted by atomic mass is 35.5. The predicted octanol–water partition coefficient (Wildman–Crippen LogP) is 4.27. The van der Waals surface area contributed by atoms with Gasteiger partial charge in [-0.1, -0.05) is 23.7 Å². The number of likely N-dealkylation sites (tertiary alicyclic amines) is 1. The molecule has 1 amide bonds. The fraction of sp³-hybridized carbons (Fsp3) is 0.444. The molecule has 2 aliphatic heterocycles. The molecular weight excluding hydrogens is 450 g/mol. The maximum absolute atomic E-state index is 12.1. The van der Waals surface area contributed by atoms with Gasteiger partial charge in [-0.25, -0.2) is 0 Å². The number of aliphatic hydroxyl groups excluding tert-OH is 1. The molecule has 7 heteroatoms. The van der Waals surface area contributed by atoms with Gasteiger partial charge in [-0.2, -0.15) is 0 Å². The maximum Gasteiger partial charge on any atom is 0.219 e. The lowest BCUT2D eigenvalue weighted by Crippen LogP contribution is -2.54. The van der Waals surface area contributed by atoms with Crippen LogP contribution in [0.5, 0.6) is 5.75 Å². The SMILES string of the molecule is COc1ccc2c3c(n(C)c2c1)[C@H](CO)N(Cc1cccc(Cl)c1)CC31CCN(C(C)=O)CC1. The van der Waals surface area contributed by atoms with Gasteiger partial charge >= 0.3 is 0 Å². The van der Waals surface area contributed by atoms with Gasteiger partial charge in [-0.15, -0.1) is 0 Å². The monoisotopic (exact) mass is 481 g/mol. The minimum Gasteiger partial charge on any atom is -0.497 e. The number of aliphatic hydroxyl groups is 1. The highest BCUT2D eigenvalue weighted by Crippen LogP contribution is 2.50. The number of carbonyl (C=O) groups excluding carboxylic acids is 1. The molecule has 0 saturated carbocycles. The Kier molecular flexibility index (Phi) is 6.09. The first-order valence-corrected chi connectivity index (χ1v) is 12.3. The predicted molar refractivity (Wildman–Crippen MR) is 134 cm³/mol. The number of benzene rings is 2. The third-order valence-corrected chi connectivity index (χ3v) is 8.09. The third-order valence-electron chi connectivity index (χ3n) is 7.86. The molecule has 2 aromatic carbocycles. The van der Waals surface area contributed by atoms with E-state index in [1.54, 1.807) is 14.0 Å². The largest absolute Gasteiger partial charge is 0.497 e. The van der Waals surface area contributed by atoms with Gasteiger partial charge in [0.05, 0.1) is 25.3 Å². The van der Waals surface area contributed by atoms with Crippen LogP contribution in [-0.4, -0.2) is 58.7 Å². The molecule has 2 aliphatic rings. The molecule has 1 fully saturated rings.